The van der Waals surface area contributed by atoms with Crippen molar-refractivity contribution in [2.45, 2.75) is 32.7 Å². The molecule has 1 aromatic rings. The number of aliphatic imine (C=N–C) groups is 1. The Morgan fingerprint density at radius 2 is 1.74 bits per heavy atom. The van der Waals surface area contributed by atoms with Crippen LogP contribution in [-0.2, 0) is 22.7 Å². The number of halogens is 4. The summed E-state index contributed by atoms with van der Waals surface area (Å²) in [6, 6.07) is 7.00. The van der Waals surface area contributed by atoms with E-state index in [0.717, 1.165) is 12.0 Å². The van der Waals surface area contributed by atoms with Crippen LogP contribution in [0.25, 0.3) is 0 Å². The first-order valence-corrected chi connectivity index (χ1v) is 8.27. The first kappa shape index (κ1) is 25.4. The molecule has 0 aromatic heterocycles. The van der Waals surface area contributed by atoms with E-state index >= 15 is 0 Å². The van der Waals surface area contributed by atoms with Crippen molar-refractivity contribution in [3.8, 4) is 0 Å². The summed E-state index contributed by atoms with van der Waals surface area (Å²) in [6.45, 7) is 1.83. The van der Waals surface area contributed by atoms with E-state index in [1.807, 2.05) is 6.92 Å². The number of hydrogen-bond donors (Lipinski definition) is 3. The molecule has 0 radical (unpaired) electrons. The molecule has 0 aliphatic heterocycles. The third kappa shape index (κ3) is 12.5. The van der Waals surface area contributed by atoms with E-state index in [0.29, 0.717) is 24.6 Å². The molecule has 1 rings (SSSR count). The number of nitrogens with one attached hydrogen (secondary N) is 3. The average Bonchev–Trinajstić information content (AvgIpc) is 2.60. The summed E-state index contributed by atoms with van der Waals surface area (Å²) in [4.78, 5) is 15.6. The van der Waals surface area contributed by atoms with Crippen molar-refractivity contribution in [2.24, 2.45) is 4.99 Å². The molecule has 0 aliphatic carbocycles. The van der Waals surface area contributed by atoms with Crippen molar-refractivity contribution < 1.29 is 22.7 Å². The number of nitrogens with zero attached hydrogens (tertiary/aromatic N) is 1. The summed E-state index contributed by atoms with van der Waals surface area (Å²) in [5, 5.41) is 8.71. The lowest BCUT2D eigenvalue weighted by atomic mass is 10.1. The van der Waals surface area contributed by atoms with Gasteiger partial charge in [0.15, 0.2) is 5.96 Å². The maximum Gasteiger partial charge on any atom is 0.411 e. The molecule has 0 saturated heterocycles. The van der Waals surface area contributed by atoms with Gasteiger partial charge in [0.05, 0.1) is 13.2 Å². The number of carbonyl (C=O) groups is 1. The van der Waals surface area contributed by atoms with Crippen LogP contribution in [0.15, 0.2) is 29.3 Å². The largest absolute Gasteiger partial charge is 0.411 e. The zero-order valence-corrected chi connectivity index (χ0v) is 17.7. The molecule has 6 nitrogen and oxygen atoms in total. The van der Waals surface area contributed by atoms with E-state index in [-0.39, 0.29) is 43.0 Å². The van der Waals surface area contributed by atoms with Crippen LogP contribution >= 0.6 is 24.0 Å². The van der Waals surface area contributed by atoms with Gasteiger partial charge in [0.1, 0.15) is 6.61 Å². The molecule has 0 atom stereocenters. The van der Waals surface area contributed by atoms with Crippen LogP contribution in [0.2, 0.25) is 0 Å². The van der Waals surface area contributed by atoms with Crippen LogP contribution in [-0.4, -0.2) is 44.8 Å². The molecule has 0 unspecified atom stereocenters. The quantitative estimate of drug-likeness (QED) is 0.276. The Bertz CT molecular complexity index is 581. The molecular formula is C17H26F3IN4O2. The molecule has 0 heterocycles. The van der Waals surface area contributed by atoms with E-state index in [1.54, 1.807) is 31.3 Å². The van der Waals surface area contributed by atoms with Gasteiger partial charge in [-0.15, -0.1) is 24.0 Å². The first-order valence-electron chi connectivity index (χ1n) is 8.27. The number of guanidine groups is 1. The Hall–Kier alpha value is -1.56. The normalized spacial score (nSPS) is 11.5. The summed E-state index contributed by atoms with van der Waals surface area (Å²) in [6.07, 6.45) is -3.45. The molecule has 0 bridgehead atoms. The highest BCUT2D eigenvalue weighted by atomic mass is 127. The van der Waals surface area contributed by atoms with Crippen LogP contribution in [0.5, 0.6) is 0 Å². The van der Waals surface area contributed by atoms with Crippen LogP contribution in [0.3, 0.4) is 0 Å². The van der Waals surface area contributed by atoms with E-state index in [4.69, 9.17) is 0 Å². The van der Waals surface area contributed by atoms with Crippen molar-refractivity contribution >= 4 is 35.8 Å². The second kappa shape index (κ2) is 13.6. The fraction of sp³-hybridized carbons (Fsp3) is 0.529. The number of alkyl halides is 3. The smallest absolute Gasteiger partial charge is 0.367 e. The Kier molecular flexibility index (Phi) is 12.8. The molecular weight excluding hydrogens is 476 g/mol. The van der Waals surface area contributed by atoms with Gasteiger partial charge in [-0.2, -0.15) is 13.2 Å². The van der Waals surface area contributed by atoms with Gasteiger partial charge in [-0.3, -0.25) is 9.79 Å². The van der Waals surface area contributed by atoms with Crippen LogP contribution in [0.4, 0.5) is 13.2 Å². The van der Waals surface area contributed by atoms with Crippen molar-refractivity contribution in [3.63, 3.8) is 0 Å². The van der Waals surface area contributed by atoms with Crippen molar-refractivity contribution in [3.05, 3.63) is 35.4 Å². The molecule has 1 amide bonds. The van der Waals surface area contributed by atoms with E-state index in [2.05, 4.69) is 25.7 Å². The number of amides is 1. The maximum atomic E-state index is 12.0. The lowest BCUT2D eigenvalue weighted by molar-refractivity contribution is -0.176. The number of ether oxygens (including phenoxy) is 1. The fourth-order valence-corrected chi connectivity index (χ4v) is 1.94. The van der Waals surface area contributed by atoms with E-state index in [9.17, 15) is 18.0 Å². The zero-order valence-electron chi connectivity index (χ0n) is 15.4. The number of carbonyl (C=O) groups excluding carboxylic acids is 1. The summed E-state index contributed by atoms with van der Waals surface area (Å²) in [5.74, 6) is 0.368. The minimum Gasteiger partial charge on any atom is -0.367 e. The zero-order chi connectivity index (χ0) is 19.4. The van der Waals surface area contributed by atoms with Crippen LogP contribution < -0.4 is 16.0 Å². The lowest BCUT2D eigenvalue weighted by Gasteiger charge is -2.12. The molecule has 10 heteroatoms. The average molecular weight is 502 g/mol. The maximum absolute atomic E-state index is 12.0. The Morgan fingerprint density at radius 1 is 1.11 bits per heavy atom. The fourth-order valence-electron chi connectivity index (χ4n) is 1.94. The molecule has 0 saturated carbocycles. The molecule has 27 heavy (non-hydrogen) atoms. The van der Waals surface area contributed by atoms with E-state index < -0.39 is 12.8 Å². The monoisotopic (exact) mass is 502 g/mol. The van der Waals surface area contributed by atoms with E-state index in [1.165, 1.54) is 0 Å². The third-order valence-corrected chi connectivity index (χ3v) is 3.23. The highest BCUT2D eigenvalue weighted by Gasteiger charge is 2.27. The Labute approximate surface area is 174 Å². The SMILES string of the molecule is CCCNC(=O)CNC(=NC)NCc1ccc(COCC(F)(F)F)cc1.I. The topological polar surface area (TPSA) is 74.8 Å². The highest BCUT2D eigenvalue weighted by molar-refractivity contribution is 14.0. The number of benzene rings is 1. The second-order valence-electron chi connectivity index (χ2n) is 5.55. The summed E-state index contributed by atoms with van der Waals surface area (Å²) in [5.41, 5.74) is 1.58. The van der Waals surface area contributed by atoms with Gasteiger partial charge in [0, 0.05) is 20.1 Å². The molecule has 154 valence electrons. The van der Waals surface area contributed by atoms with Gasteiger partial charge in [0.2, 0.25) is 5.91 Å². The van der Waals surface area contributed by atoms with Crippen LogP contribution in [0, 0.1) is 0 Å². The standard InChI is InChI=1S/C17H25F3N4O2.HI/c1-3-8-22-15(25)10-24-16(21-2)23-9-13-4-6-14(7-5-13)11-26-12-17(18,19)20;/h4-7H,3,8-12H2,1-2H3,(H,22,25)(H2,21,23,24);1H. The van der Waals surface area contributed by atoms with Gasteiger partial charge in [0.25, 0.3) is 0 Å². The summed E-state index contributed by atoms with van der Waals surface area (Å²) in [7, 11) is 1.60. The van der Waals surface area contributed by atoms with Gasteiger partial charge < -0.3 is 20.7 Å². The van der Waals surface area contributed by atoms with Gasteiger partial charge in [-0.1, -0.05) is 31.2 Å². The molecule has 1 aromatic carbocycles. The second-order valence-corrected chi connectivity index (χ2v) is 5.55. The third-order valence-electron chi connectivity index (χ3n) is 3.23. The number of rotatable bonds is 9. The minimum absolute atomic E-state index is 0. The molecule has 0 fully saturated rings. The number of hydrogen-bond acceptors (Lipinski definition) is 3. The van der Waals surface area contributed by atoms with Crippen LogP contribution in [0.1, 0.15) is 24.5 Å². The lowest BCUT2D eigenvalue weighted by Crippen LogP contribution is -2.43. The van der Waals surface area contributed by atoms with Crippen molar-refractivity contribution in [2.75, 3.05) is 26.7 Å². The Balaban J connectivity index is 0.00000676. The van der Waals surface area contributed by atoms with Crippen molar-refractivity contribution in [1.82, 2.24) is 16.0 Å². The predicted molar refractivity (Wildman–Crippen MR) is 109 cm³/mol. The molecule has 0 aliphatic rings. The van der Waals surface area contributed by atoms with Gasteiger partial charge in [-0.05, 0) is 17.5 Å². The van der Waals surface area contributed by atoms with Gasteiger partial charge >= 0.3 is 6.18 Å². The summed E-state index contributed by atoms with van der Waals surface area (Å²) >= 11 is 0. The highest BCUT2D eigenvalue weighted by Crippen LogP contribution is 2.15. The van der Waals surface area contributed by atoms with Gasteiger partial charge in [-0.25, -0.2) is 0 Å². The first-order chi connectivity index (χ1) is 12.3. The molecule has 0 spiro atoms. The molecule has 3 N–H and O–H groups in total. The summed E-state index contributed by atoms with van der Waals surface area (Å²) < 4.78 is 40.7. The van der Waals surface area contributed by atoms with Crippen molar-refractivity contribution in [1.29, 1.82) is 0 Å². The minimum atomic E-state index is -4.32. The predicted octanol–water partition coefficient (Wildman–Crippen LogP) is 2.57. The Morgan fingerprint density at radius 3 is 2.30 bits per heavy atom.